The van der Waals surface area contributed by atoms with Gasteiger partial charge in [-0.05, 0) is 45.0 Å². The Morgan fingerprint density at radius 2 is 1.86 bits per heavy atom. The number of rotatable bonds is 5. The average Bonchev–Trinajstić information content (AvgIpc) is 2.47. The summed E-state index contributed by atoms with van der Waals surface area (Å²) in [6.45, 7) is 3.48. The summed E-state index contributed by atoms with van der Waals surface area (Å²) in [5.74, 6) is -1.62. The smallest absolute Gasteiger partial charge is 0.307 e. The van der Waals surface area contributed by atoms with Crippen LogP contribution in [0.25, 0.3) is 0 Å². The van der Waals surface area contributed by atoms with Crippen molar-refractivity contribution in [2.75, 3.05) is 19.7 Å². The van der Waals surface area contributed by atoms with Crippen molar-refractivity contribution in [3.63, 3.8) is 0 Å². The van der Waals surface area contributed by atoms with Crippen LogP contribution >= 0.6 is 0 Å². The molecule has 5 heteroatoms. The summed E-state index contributed by atoms with van der Waals surface area (Å²) in [6, 6.07) is 3.22. The number of halogens is 2. The summed E-state index contributed by atoms with van der Waals surface area (Å²) in [5, 5.41) is 0. The molecule has 1 fully saturated rings. The number of likely N-dealkylation sites (tertiary alicyclic amines) is 1. The first kappa shape index (κ1) is 15.9. The third-order valence-electron chi connectivity index (χ3n) is 3.83. The van der Waals surface area contributed by atoms with E-state index in [9.17, 15) is 13.6 Å². The van der Waals surface area contributed by atoms with E-state index in [2.05, 4.69) is 0 Å². The number of carbonyl (C=O) groups is 1. The predicted octanol–water partition coefficient (Wildman–Crippen LogP) is 3.45. The fraction of sp³-hybridized carbons (Fsp3) is 0.562. The first-order valence-corrected chi connectivity index (χ1v) is 7.47. The lowest BCUT2D eigenvalue weighted by Gasteiger charge is -2.34. The molecule has 116 valence electrons. The summed E-state index contributed by atoms with van der Waals surface area (Å²) in [6.07, 6.45) is 3.05. The number of ether oxygens (including phenoxy) is 1. The van der Waals surface area contributed by atoms with Gasteiger partial charge in [0, 0.05) is 5.56 Å². The molecular formula is C16H21F2NO2. The van der Waals surface area contributed by atoms with Crippen molar-refractivity contribution in [2.24, 2.45) is 0 Å². The summed E-state index contributed by atoms with van der Waals surface area (Å²) in [4.78, 5) is 13.8. The van der Waals surface area contributed by atoms with Crippen LogP contribution in [-0.2, 0) is 9.53 Å². The molecule has 0 N–H and O–H groups in total. The van der Waals surface area contributed by atoms with E-state index in [4.69, 9.17) is 4.74 Å². The molecule has 0 bridgehead atoms. The number of hydrogen-bond acceptors (Lipinski definition) is 3. The Morgan fingerprint density at radius 1 is 1.24 bits per heavy atom. The normalized spacial score (nSPS) is 17.5. The van der Waals surface area contributed by atoms with Crippen LogP contribution in [0, 0.1) is 11.6 Å². The van der Waals surface area contributed by atoms with Crippen LogP contribution < -0.4 is 0 Å². The van der Waals surface area contributed by atoms with E-state index in [0.717, 1.165) is 32.4 Å². The van der Waals surface area contributed by atoms with Gasteiger partial charge in [-0.15, -0.1) is 0 Å². The molecule has 1 saturated heterocycles. The van der Waals surface area contributed by atoms with Crippen LogP contribution in [0.5, 0.6) is 0 Å². The van der Waals surface area contributed by atoms with Gasteiger partial charge in [-0.3, -0.25) is 9.69 Å². The molecule has 1 aromatic rings. The molecule has 1 aliphatic heterocycles. The number of benzene rings is 1. The summed E-state index contributed by atoms with van der Waals surface area (Å²) >= 11 is 0. The van der Waals surface area contributed by atoms with Gasteiger partial charge in [0.25, 0.3) is 0 Å². The monoisotopic (exact) mass is 297 g/mol. The van der Waals surface area contributed by atoms with Crippen LogP contribution in [0.1, 0.15) is 44.2 Å². The van der Waals surface area contributed by atoms with E-state index < -0.39 is 23.6 Å². The standard InChI is InChI=1S/C16H21F2NO2/c1-2-21-15(20)11-14(19-9-4-3-5-10-19)16-12(17)7-6-8-13(16)18/h6-8,14H,2-5,9-11H2,1H3. The van der Waals surface area contributed by atoms with Crippen LogP contribution in [0.15, 0.2) is 18.2 Å². The minimum Gasteiger partial charge on any atom is -0.466 e. The van der Waals surface area contributed by atoms with Gasteiger partial charge in [0.15, 0.2) is 0 Å². The summed E-state index contributed by atoms with van der Waals surface area (Å²) < 4.78 is 33.1. The fourth-order valence-corrected chi connectivity index (χ4v) is 2.85. The van der Waals surface area contributed by atoms with Crippen molar-refractivity contribution < 1.29 is 18.3 Å². The van der Waals surface area contributed by atoms with E-state index >= 15 is 0 Å². The molecule has 1 aliphatic rings. The van der Waals surface area contributed by atoms with Gasteiger partial charge >= 0.3 is 5.97 Å². The second-order valence-corrected chi connectivity index (χ2v) is 5.26. The Balaban J connectivity index is 2.28. The highest BCUT2D eigenvalue weighted by Crippen LogP contribution is 2.31. The molecule has 0 amide bonds. The molecule has 0 spiro atoms. The van der Waals surface area contributed by atoms with E-state index in [1.54, 1.807) is 6.92 Å². The van der Waals surface area contributed by atoms with E-state index in [1.165, 1.54) is 18.2 Å². The van der Waals surface area contributed by atoms with Crippen molar-refractivity contribution in [3.05, 3.63) is 35.4 Å². The molecule has 1 aromatic carbocycles. The molecule has 1 atom stereocenters. The Hall–Kier alpha value is -1.49. The van der Waals surface area contributed by atoms with E-state index in [0.29, 0.717) is 0 Å². The SMILES string of the molecule is CCOC(=O)CC(c1c(F)cccc1F)N1CCCCC1. The Kier molecular flexibility index (Phi) is 5.67. The van der Waals surface area contributed by atoms with Crippen molar-refractivity contribution in [1.29, 1.82) is 0 Å². The maximum absolute atomic E-state index is 14.1. The van der Waals surface area contributed by atoms with E-state index in [1.807, 2.05) is 4.90 Å². The van der Waals surface area contributed by atoms with Gasteiger partial charge in [0.2, 0.25) is 0 Å². The molecule has 0 aliphatic carbocycles. The maximum atomic E-state index is 14.1. The number of hydrogen-bond donors (Lipinski definition) is 0. The van der Waals surface area contributed by atoms with Crippen LogP contribution in [0.4, 0.5) is 8.78 Å². The highest BCUT2D eigenvalue weighted by Gasteiger charge is 2.29. The van der Waals surface area contributed by atoms with Gasteiger partial charge < -0.3 is 4.74 Å². The zero-order valence-electron chi connectivity index (χ0n) is 12.3. The fourth-order valence-electron chi connectivity index (χ4n) is 2.85. The zero-order valence-corrected chi connectivity index (χ0v) is 12.3. The van der Waals surface area contributed by atoms with Crippen molar-refractivity contribution in [3.8, 4) is 0 Å². The predicted molar refractivity (Wildman–Crippen MR) is 75.8 cm³/mol. The largest absolute Gasteiger partial charge is 0.466 e. The second kappa shape index (κ2) is 7.50. The quantitative estimate of drug-likeness (QED) is 0.780. The average molecular weight is 297 g/mol. The Labute approximate surface area is 123 Å². The molecule has 0 radical (unpaired) electrons. The van der Waals surface area contributed by atoms with Crippen molar-refractivity contribution in [2.45, 2.75) is 38.6 Å². The van der Waals surface area contributed by atoms with E-state index in [-0.39, 0.29) is 18.6 Å². The lowest BCUT2D eigenvalue weighted by molar-refractivity contribution is -0.144. The Morgan fingerprint density at radius 3 is 2.43 bits per heavy atom. The molecule has 1 unspecified atom stereocenters. The Bertz CT molecular complexity index is 467. The number of piperidine rings is 1. The number of carbonyl (C=O) groups excluding carboxylic acids is 1. The van der Waals surface area contributed by atoms with Crippen molar-refractivity contribution >= 4 is 5.97 Å². The van der Waals surface area contributed by atoms with Gasteiger partial charge in [-0.2, -0.15) is 0 Å². The summed E-state index contributed by atoms with van der Waals surface area (Å²) in [5.41, 5.74) is -0.0209. The first-order chi connectivity index (χ1) is 10.1. The van der Waals surface area contributed by atoms with Crippen molar-refractivity contribution in [1.82, 2.24) is 4.90 Å². The molecule has 1 heterocycles. The second-order valence-electron chi connectivity index (χ2n) is 5.26. The topological polar surface area (TPSA) is 29.5 Å². The molecule has 2 rings (SSSR count). The van der Waals surface area contributed by atoms with Gasteiger partial charge in [-0.25, -0.2) is 8.78 Å². The van der Waals surface area contributed by atoms with Gasteiger partial charge in [0.05, 0.1) is 19.1 Å². The number of nitrogens with zero attached hydrogens (tertiary/aromatic N) is 1. The van der Waals surface area contributed by atoms with Crippen LogP contribution in [0.3, 0.4) is 0 Å². The third kappa shape index (κ3) is 4.00. The number of esters is 1. The summed E-state index contributed by atoms with van der Waals surface area (Å²) in [7, 11) is 0. The molecular weight excluding hydrogens is 276 g/mol. The molecule has 0 aromatic heterocycles. The molecule has 0 saturated carbocycles. The highest BCUT2D eigenvalue weighted by molar-refractivity contribution is 5.70. The zero-order chi connectivity index (χ0) is 15.2. The highest BCUT2D eigenvalue weighted by atomic mass is 19.1. The van der Waals surface area contributed by atoms with Crippen LogP contribution in [0.2, 0.25) is 0 Å². The minimum atomic E-state index is -0.602. The minimum absolute atomic E-state index is 0.0209. The molecule has 3 nitrogen and oxygen atoms in total. The van der Waals surface area contributed by atoms with Gasteiger partial charge in [0.1, 0.15) is 11.6 Å². The lowest BCUT2D eigenvalue weighted by Crippen LogP contribution is -2.36. The first-order valence-electron chi connectivity index (χ1n) is 7.47. The van der Waals surface area contributed by atoms with Crippen LogP contribution in [-0.4, -0.2) is 30.6 Å². The van der Waals surface area contributed by atoms with Gasteiger partial charge in [-0.1, -0.05) is 12.5 Å². The third-order valence-corrected chi connectivity index (χ3v) is 3.83. The lowest BCUT2D eigenvalue weighted by atomic mass is 9.98. The maximum Gasteiger partial charge on any atom is 0.307 e. The molecule has 21 heavy (non-hydrogen) atoms.